The maximum absolute atomic E-state index is 11.9. The average Bonchev–Trinajstić information content (AvgIpc) is 2.60. The minimum Gasteiger partial charge on any atom is -0.496 e. The molecule has 1 amide bonds. The summed E-state index contributed by atoms with van der Waals surface area (Å²) in [4.78, 5) is 11.9. The summed E-state index contributed by atoms with van der Waals surface area (Å²) in [6.07, 6.45) is 1.54. The fourth-order valence-corrected chi connectivity index (χ4v) is 2.37. The maximum Gasteiger partial charge on any atom is 0.277 e. The zero-order valence-electron chi connectivity index (χ0n) is 15.1. The zero-order valence-corrected chi connectivity index (χ0v) is 15.1. The lowest BCUT2D eigenvalue weighted by Gasteiger charge is -2.14. The number of benzene rings is 2. The van der Waals surface area contributed by atoms with Crippen LogP contribution in [-0.2, 0) is 4.79 Å². The third-order valence-electron chi connectivity index (χ3n) is 3.68. The van der Waals surface area contributed by atoms with Gasteiger partial charge in [-0.1, -0.05) is 38.1 Å². The van der Waals surface area contributed by atoms with Crippen LogP contribution in [0.25, 0.3) is 0 Å². The van der Waals surface area contributed by atoms with Gasteiger partial charge in [-0.05, 0) is 42.2 Å². The molecule has 0 aliphatic heterocycles. The van der Waals surface area contributed by atoms with Crippen LogP contribution in [0, 0.1) is 6.92 Å². The highest BCUT2D eigenvalue weighted by molar-refractivity contribution is 5.85. The number of rotatable bonds is 7. The van der Waals surface area contributed by atoms with Crippen molar-refractivity contribution in [3.05, 3.63) is 59.2 Å². The molecule has 132 valence electrons. The van der Waals surface area contributed by atoms with Gasteiger partial charge in [0.05, 0.1) is 13.3 Å². The van der Waals surface area contributed by atoms with Gasteiger partial charge in [0, 0.05) is 5.56 Å². The molecule has 0 aliphatic rings. The van der Waals surface area contributed by atoms with Crippen LogP contribution < -0.4 is 14.9 Å². The highest BCUT2D eigenvalue weighted by Crippen LogP contribution is 2.27. The molecule has 5 nitrogen and oxygen atoms in total. The topological polar surface area (TPSA) is 59.9 Å². The smallest absolute Gasteiger partial charge is 0.277 e. The Morgan fingerprint density at radius 2 is 1.96 bits per heavy atom. The Hall–Kier alpha value is -2.82. The van der Waals surface area contributed by atoms with Crippen LogP contribution in [0.5, 0.6) is 11.5 Å². The van der Waals surface area contributed by atoms with Crippen LogP contribution in [0.2, 0.25) is 0 Å². The minimum atomic E-state index is -0.317. The average molecular weight is 340 g/mol. The van der Waals surface area contributed by atoms with Crippen LogP contribution in [0.4, 0.5) is 0 Å². The molecule has 2 rings (SSSR count). The summed E-state index contributed by atoms with van der Waals surface area (Å²) in [7, 11) is 1.59. The summed E-state index contributed by atoms with van der Waals surface area (Å²) in [5.41, 5.74) is 5.42. The number of hydrogen-bond donors (Lipinski definition) is 1. The van der Waals surface area contributed by atoms with Gasteiger partial charge in [0.1, 0.15) is 11.5 Å². The first-order valence-corrected chi connectivity index (χ1v) is 8.19. The summed E-state index contributed by atoms with van der Waals surface area (Å²) in [6.45, 7) is 6.09. The van der Waals surface area contributed by atoms with Crippen molar-refractivity contribution in [2.45, 2.75) is 26.7 Å². The molecule has 0 unspecified atom stereocenters. The molecule has 5 heteroatoms. The highest BCUT2D eigenvalue weighted by Gasteiger charge is 2.10. The molecule has 2 aromatic rings. The van der Waals surface area contributed by atoms with Crippen molar-refractivity contribution in [3.63, 3.8) is 0 Å². The fourth-order valence-electron chi connectivity index (χ4n) is 2.37. The van der Waals surface area contributed by atoms with Gasteiger partial charge in [0.2, 0.25) is 0 Å². The normalized spacial score (nSPS) is 10.9. The monoisotopic (exact) mass is 340 g/mol. The van der Waals surface area contributed by atoms with Gasteiger partial charge in [-0.25, -0.2) is 5.43 Å². The van der Waals surface area contributed by atoms with Crippen molar-refractivity contribution >= 4 is 12.1 Å². The molecule has 0 saturated heterocycles. The van der Waals surface area contributed by atoms with E-state index in [1.165, 1.54) is 0 Å². The molecular weight excluding hydrogens is 316 g/mol. The number of hydrazone groups is 1. The third-order valence-corrected chi connectivity index (χ3v) is 3.68. The van der Waals surface area contributed by atoms with E-state index in [-0.39, 0.29) is 12.5 Å². The largest absolute Gasteiger partial charge is 0.496 e. The Labute approximate surface area is 148 Å². The van der Waals surface area contributed by atoms with Gasteiger partial charge in [-0.2, -0.15) is 5.10 Å². The van der Waals surface area contributed by atoms with Crippen molar-refractivity contribution in [3.8, 4) is 11.5 Å². The van der Waals surface area contributed by atoms with Crippen molar-refractivity contribution in [1.29, 1.82) is 0 Å². The van der Waals surface area contributed by atoms with E-state index in [1.807, 2.05) is 49.4 Å². The second-order valence-electron chi connectivity index (χ2n) is 6.02. The highest BCUT2D eigenvalue weighted by atomic mass is 16.5. The standard InChI is InChI=1S/C20H24N2O3/c1-14(2)17-10-9-15(3)11-19(17)25-13-20(23)22-21-12-16-7-5-6-8-18(16)24-4/h5-12,14H,13H2,1-4H3,(H,22,23). The molecule has 0 bridgehead atoms. The Morgan fingerprint density at radius 3 is 2.68 bits per heavy atom. The van der Waals surface area contributed by atoms with E-state index < -0.39 is 0 Å². The number of carbonyl (C=O) groups is 1. The molecule has 0 aromatic heterocycles. The molecule has 0 radical (unpaired) electrons. The number of para-hydroxylation sites is 1. The number of carbonyl (C=O) groups excluding carboxylic acids is 1. The Balaban J connectivity index is 1.93. The van der Waals surface area contributed by atoms with Gasteiger partial charge in [-0.15, -0.1) is 0 Å². The van der Waals surface area contributed by atoms with Crippen molar-refractivity contribution in [2.24, 2.45) is 5.10 Å². The predicted octanol–water partition coefficient (Wildman–Crippen LogP) is 3.66. The van der Waals surface area contributed by atoms with Crippen molar-refractivity contribution < 1.29 is 14.3 Å². The number of ether oxygens (including phenoxy) is 2. The van der Waals surface area contributed by atoms with E-state index >= 15 is 0 Å². The summed E-state index contributed by atoms with van der Waals surface area (Å²) in [5.74, 6) is 1.43. The zero-order chi connectivity index (χ0) is 18.2. The third kappa shape index (κ3) is 5.35. The number of methoxy groups -OCH3 is 1. The molecule has 0 aliphatic carbocycles. The summed E-state index contributed by atoms with van der Waals surface area (Å²) in [5, 5.41) is 3.95. The van der Waals surface area contributed by atoms with Gasteiger partial charge >= 0.3 is 0 Å². The Bertz CT molecular complexity index is 754. The van der Waals surface area contributed by atoms with Crippen LogP contribution in [0.15, 0.2) is 47.6 Å². The van der Waals surface area contributed by atoms with Gasteiger partial charge in [0.25, 0.3) is 5.91 Å². The van der Waals surface area contributed by atoms with E-state index in [4.69, 9.17) is 9.47 Å². The molecule has 1 N–H and O–H groups in total. The second-order valence-corrected chi connectivity index (χ2v) is 6.02. The van der Waals surface area contributed by atoms with Crippen molar-refractivity contribution in [1.82, 2.24) is 5.43 Å². The van der Waals surface area contributed by atoms with Crippen LogP contribution >= 0.6 is 0 Å². The number of amides is 1. The van der Waals surface area contributed by atoms with Crippen LogP contribution in [0.1, 0.15) is 36.5 Å². The van der Waals surface area contributed by atoms with Gasteiger partial charge in [-0.3, -0.25) is 4.79 Å². The minimum absolute atomic E-state index is 0.0908. The van der Waals surface area contributed by atoms with E-state index in [9.17, 15) is 4.79 Å². The molecule has 0 saturated carbocycles. The molecular formula is C20H24N2O3. The van der Waals surface area contributed by atoms with E-state index in [0.717, 1.165) is 22.4 Å². The SMILES string of the molecule is COc1ccccc1C=NNC(=O)COc1cc(C)ccc1C(C)C. The number of nitrogens with one attached hydrogen (secondary N) is 1. The number of nitrogens with zero attached hydrogens (tertiary/aromatic N) is 1. The van der Waals surface area contributed by atoms with Gasteiger partial charge in [0.15, 0.2) is 6.61 Å². The molecule has 25 heavy (non-hydrogen) atoms. The lowest BCUT2D eigenvalue weighted by Crippen LogP contribution is -2.25. The van der Waals surface area contributed by atoms with Crippen LogP contribution in [0.3, 0.4) is 0 Å². The summed E-state index contributed by atoms with van der Waals surface area (Å²) >= 11 is 0. The molecule has 0 fully saturated rings. The first kappa shape index (κ1) is 18.5. The Morgan fingerprint density at radius 1 is 1.20 bits per heavy atom. The molecule has 0 heterocycles. The first-order chi connectivity index (χ1) is 12.0. The summed E-state index contributed by atoms with van der Waals surface area (Å²) < 4.78 is 10.9. The second kappa shape index (κ2) is 8.87. The van der Waals surface area contributed by atoms with E-state index in [2.05, 4.69) is 24.4 Å². The number of hydrogen-bond acceptors (Lipinski definition) is 4. The van der Waals surface area contributed by atoms with Crippen molar-refractivity contribution in [2.75, 3.05) is 13.7 Å². The van der Waals surface area contributed by atoms with E-state index in [0.29, 0.717) is 11.7 Å². The summed E-state index contributed by atoms with van der Waals surface area (Å²) in [6, 6.07) is 13.5. The molecule has 0 atom stereocenters. The molecule has 2 aromatic carbocycles. The first-order valence-electron chi connectivity index (χ1n) is 8.19. The van der Waals surface area contributed by atoms with Gasteiger partial charge < -0.3 is 9.47 Å². The van der Waals surface area contributed by atoms with E-state index in [1.54, 1.807) is 13.3 Å². The quantitative estimate of drug-likeness (QED) is 0.618. The number of aryl methyl sites for hydroxylation is 1. The fraction of sp³-hybridized carbons (Fsp3) is 0.300. The predicted molar refractivity (Wildman–Crippen MR) is 99.5 cm³/mol. The maximum atomic E-state index is 11.9. The molecule has 0 spiro atoms. The lowest BCUT2D eigenvalue weighted by molar-refractivity contribution is -0.123. The van der Waals surface area contributed by atoms with Crippen LogP contribution in [-0.4, -0.2) is 25.8 Å². The lowest BCUT2D eigenvalue weighted by atomic mass is 10.0. The Kier molecular flexibility index (Phi) is 6.57.